The van der Waals surface area contributed by atoms with E-state index in [1.165, 1.54) is 0 Å². The van der Waals surface area contributed by atoms with Crippen molar-refractivity contribution in [2.45, 2.75) is 18.8 Å². The molecule has 2 heterocycles. The minimum absolute atomic E-state index is 0.0204. The average molecular weight is 374 g/mol. The highest BCUT2D eigenvalue weighted by Crippen LogP contribution is 2.52. The summed E-state index contributed by atoms with van der Waals surface area (Å²) >= 11 is 0. The first-order valence-corrected chi connectivity index (χ1v) is 9.29. The van der Waals surface area contributed by atoms with Crippen molar-refractivity contribution in [3.8, 4) is 17.6 Å². The van der Waals surface area contributed by atoms with Crippen molar-refractivity contribution in [3.05, 3.63) is 64.4 Å². The summed E-state index contributed by atoms with van der Waals surface area (Å²) in [5.41, 5.74) is 5.03. The number of hydrogen-bond donors (Lipinski definition) is 1. The molecule has 0 fully saturated rings. The number of ether oxygens (including phenoxy) is 2. The number of aliphatic hydroxyl groups excluding tert-OH is 1. The second-order valence-corrected chi connectivity index (χ2v) is 7.09. The molecule has 1 N–H and O–H groups in total. The maximum atomic E-state index is 12.9. The van der Waals surface area contributed by atoms with Crippen molar-refractivity contribution in [2.75, 3.05) is 24.8 Å². The molecule has 0 spiro atoms. The lowest BCUT2D eigenvalue weighted by Gasteiger charge is -2.37. The van der Waals surface area contributed by atoms with Gasteiger partial charge in [-0.05, 0) is 35.7 Å². The van der Waals surface area contributed by atoms with E-state index in [1.807, 2.05) is 35.2 Å². The number of benzene rings is 2. The minimum atomic E-state index is -0.266. The van der Waals surface area contributed by atoms with E-state index in [9.17, 15) is 15.2 Å². The van der Waals surface area contributed by atoms with E-state index in [1.54, 1.807) is 6.07 Å². The molecule has 2 aromatic carbocycles. The molecule has 2 aliphatic heterocycles. The minimum Gasteiger partial charge on any atom is -0.454 e. The Hall–Kier alpha value is -3.30. The second-order valence-electron chi connectivity index (χ2n) is 7.09. The number of rotatable bonds is 3. The summed E-state index contributed by atoms with van der Waals surface area (Å²) in [7, 11) is 0. The highest BCUT2D eigenvalue weighted by Gasteiger charge is 2.41. The fourth-order valence-corrected chi connectivity index (χ4v) is 4.47. The Kier molecular flexibility index (Phi) is 3.85. The molecule has 0 aromatic heterocycles. The number of nitriles is 1. The third kappa shape index (κ3) is 2.40. The van der Waals surface area contributed by atoms with Gasteiger partial charge in [0.15, 0.2) is 17.3 Å². The van der Waals surface area contributed by atoms with E-state index in [2.05, 4.69) is 6.07 Å². The third-order valence-electron chi connectivity index (χ3n) is 5.61. The van der Waals surface area contributed by atoms with Crippen LogP contribution < -0.4 is 14.4 Å². The number of allylic oxidation sites excluding steroid dienone is 2. The Morgan fingerprint density at radius 3 is 2.79 bits per heavy atom. The number of Topliss-reactive ketones (excluding diaryl/α,β-unsaturated/α-hetero) is 1. The number of nitrogens with zero attached hydrogens (tertiary/aromatic N) is 2. The van der Waals surface area contributed by atoms with E-state index in [0.717, 1.165) is 28.1 Å². The Morgan fingerprint density at radius 2 is 2.00 bits per heavy atom. The quantitative estimate of drug-likeness (QED) is 0.890. The van der Waals surface area contributed by atoms with E-state index in [-0.39, 0.29) is 25.1 Å². The van der Waals surface area contributed by atoms with Crippen molar-refractivity contribution in [2.24, 2.45) is 0 Å². The van der Waals surface area contributed by atoms with Gasteiger partial charge in [0.05, 0.1) is 18.2 Å². The van der Waals surface area contributed by atoms with Gasteiger partial charge in [0.1, 0.15) is 0 Å². The van der Waals surface area contributed by atoms with Gasteiger partial charge in [-0.3, -0.25) is 4.79 Å². The molecule has 6 heteroatoms. The summed E-state index contributed by atoms with van der Waals surface area (Å²) in [4.78, 5) is 14.9. The van der Waals surface area contributed by atoms with Crippen molar-refractivity contribution < 1.29 is 19.4 Å². The maximum absolute atomic E-state index is 12.9. The molecule has 140 valence electrons. The molecule has 1 aliphatic carbocycles. The van der Waals surface area contributed by atoms with Crippen LogP contribution in [0.4, 0.5) is 5.69 Å². The zero-order chi connectivity index (χ0) is 19.3. The lowest BCUT2D eigenvalue weighted by Crippen LogP contribution is -2.32. The Morgan fingerprint density at radius 1 is 1.18 bits per heavy atom. The number of carbonyl (C=O) groups excluding carboxylic acids is 1. The first-order valence-electron chi connectivity index (χ1n) is 9.29. The van der Waals surface area contributed by atoms with Crippen LogP contribution >= 0.6 is 0 Å². The van der Waals surface area contributed by atoms with Crippen molar-refractivity contribution in [1.29, 1.82) is 5.26 Å². The topological polar surface area (TPSA) is 82.8 Å². The number of hydrogen-bond acceptors (Lipinski definition) is 6. The molecular weight excluding hydrogens is 356 g/mol. The third-order valence-corrected chi connectivity index (χ3v) is 5.61. The van der Waals surface area contributed by atoms with Gasteiger partial charge in [-0.15, -0.1) is 0 Å². The lowest BCUT2D eigenvalue weighted by molar-refractivity contribution is -0.115. The standard InChI is InChI=1S/C22H18N2O4/c23-11-13-2-1-3-14(8-13)21-15-9-19-20(28-12-27-19)10-17(15)24(6-7-25)16-4-5-18(26)22(16)21/h1-3,8-10,21,25H,4-7,12H2. The van der Waals surface area contributed by atoms with Gasteiger partial charge in [-0.2, -0.15) is 5.26 Å². The van der Waals surface area contributed by atoms with E-state index >= 15 is 0 Å². The van der Waals surface area contributed by atoms with Crippen LogP contribution in [-0.2, 0) is 4.79 Å². The Labute approximate surface area is 162 Å². The largest absolute Gasteiger partial charge is 0.454 e. The van der Waals surface area contributed by atoms with Gasteiger partial charge in [0, 0.05) is 41.9 Å². The highest BCUT2D eigenvalue weighted by molar-refractivity contribution is 6.03. The Balaban J connectivity index is 1.77. The fraction of sp³-hybridized carbons (Fsp3) is 0.273. The van der Waals surface area contributed by atoms with Crippen LogP contribution in [0.25, 0.3) is 0 Å². The number of carbonyl (C=O) groups is 1. The molecule has 0 amide bonds. The molecule has 0 bridgehead atoms. The molecule has 1 unspecified atom stereocenters. The van der Waals surface area contributed by atoms with Crippen LogP contribution in [0.1, 0.15) is 35.4 Å². The molecule has 6 nitrogen and oxygen atoms in total. The van der Waals surface area contributed by atoms with Crippen molar-refractivity contribution in [3.63, 3.8) is 0 Å². The number of β-amino-alcohol motifs (C(OH)–C–C–N with tert-alkyl or cyclic N) is 1. The summed E-state index contributed by atoms with van der Waals surface area (Å²) in [6.45, 7) is 0.552. The van der Waals surface area contributed by atoms with Gasteiger partial charge in [0.25, 0.3) is 0 Å². The lowest BCUT2D eigenvalue weighted by atomic mass is 9.79. The van der Waals surface area contributed by atoms with Gasteiger partial charge < -0.3 is 19.5 Å². The normalized spacial score (nSPS) is 19.5. The van der Waals surface area contributed by atoms with Gasteiger partial charge in [-0.1, -0.05) is 12.1 Å². The molecular formula is C22H18N2O4. The van der Waals surface area contributed by atoms with E-state index in [0.29, 0.717) is 36.4 Å². The van der Waals surface area contributed by atoms with Gasteiger partial charge in [-0.25, -0.2) is 0 Å². The van der Waals surface area contributed by atoms with Crippen LogP contribution in [0.15, 0.2) is 47.7 Å². The monoisotopic (exact) mass is 374 g/mol. The molecule has 5 rings (SSSR count). The number of aliphatic hydroxyl groups is 1. The molecule has 0 saturated carbocycles. The predicted octanol–water partition coefficient (Wildman–Crippen LogP) is 2.85. The van der Waals surface area contributed by atoms with Gasteiger partial charge >= 0.3 is 0 Å². The highest BCUT2D eigenvalue weighted by atomic mass is 16.7. The summed E-state index contributed by atoms with van der Waals surface area (Å²) in [6, 6.07) is 13.5. The van der Waals surface area contributed by atoms with Crippen LogP contribution in [0, 0.1) is 11.3 Å². The fourth-order valence-electron chi connectivity index (χ4n) is 4.47. The smallest absolute Gasteiger partial charge is 0.231 e. The zero-order valence-electron chi connectivity index (χ0n) is 15.1. The number of anilines is 1. The van der Waals surface area contributed by atoms with E-state index < -0.39 is 0 Å². The van der Waals surface area contributed by atoms with Crippen LogP contribution in [0.5, 0.6) is 11.5 Å². The van der Waals surface area contributed by atoms with E-state index in [4.69, 9.17) is 9.47 Å². The van der Waals surface area contributed by atoms with Gasteiger partial charge in [0.2, 0.25) is 6.79 Å². The molecule has 3 aliphatic rings. The molecule has 1 atom stereocenters. The first-order chi connectivity index (χ1) is 13.7. The summed E-state index contributed by atoms with van der Waals surface area (Å²) < 4.78 is 11.1. The summed E-state index contributed by atoms with van der Waals surface area (Å²) in [6.07, 6.45) is 1.11. The number of ketones is 1. The SMILES string of the molecule is N#Cc1cccc(C2C3=C(CCC3=O)N(CCO)c3cc4c(cc32)OCO4)c1. The maximum Gasteiger partial charge on any atom is 0.231 e. The predicted molar refractivity (Wildman–Crippen MR) is 101 cm³/mol. The van der Waals surface area contributed by atoms with Crippen LogP contribution in [0.2, 0.25) is 0 Å². The zero-order valence-corrected chi connectivity index (χ0v) is 15.1. The summed E-state index contributed by atoms with van der Waals surface area (Å²) in [5.74, 6) is 1.17. The van der Waals surface area contributed by atoms with Crippen molar-refractivity contribution in [1.82, 2.24) is 0 Å². The van der Waals surface area contributed by atoms with Crippen LogP contribution in [0.3, 0.4) is 0 Å². The Bertz CT molecular complexity index is 1070. The first kappa shape index (κ1) is 16.8. The van der Waals surface area contributed by atoms with Crippen molar-refractivity contribution >= 4 is 11.5 Å². The summed E-state index contributed by atoms with van der Waals surface area (Å²) in [5, 5.41) is 19.0. The second kappa shape index (κ2) is 6.39. The molecule has 2 aromatic rings. The molecule has 0 saturated heterocycles. The molecule has 28 heavy (non-hydrogen) atoms. The number of fused-ring (bicyclic) bond motifs is 2. The van der Waals surface area contributed by atoms with Crippen LogP contribution in [-0.4, -0.2) is 30.8 Å². The molecule has 0 radical (unpaired) electrons. The average Bonchev–Trinajstić information content (AvgIpc) is 3.33.